The van der Waals surface area contributed by atoms with Crippen LogP contribution in [0.25, 0.3) is 6.08 Å². The highest BCUT2D eigenvalue weighted by Crippen LogP contribution is 2.23. The number of rotatable bonds is 2. The van der Waals surface area contributed by atoms with Crippen molar-refractivity contribution >= 4 is 45.2 Å². The molecule has 0 aliphatic carbocycles. The van der Waals surface area contributed by atoms with E-state index in [1.807, 2.05) is 17.5 Å². The van der Waals surface area contributed by atoms with Gasteiger partial charge in [0.15, 0.2) is 16.1 Å². The minimum Gasteiger partial charge on any atom is -0.444 e. The van der Waals surface area contributed by atoms with E-state index in [2.05, 4.69) is 20.9 Å². The number of hydrogen-bond donors (Lipinski definition) is 0. The fraction of sp³-hybridized carbons (Fsp3) is 0. The Morgan fingerprint density at radius 2 is 2.22 bits per heavy atom. The molecule has 0 radical (unpaired) electrons. The molecule has 0 aromatic carbocycles. The average molecular weight is 324 g/mol. The molecule has 0 N–H and O–H groups in total. The van der Waals surface area contributed by atoms with Gasteiger partial charge in [-0.3, -0.25) is 0 Å². The Hall–Kier alpha value is -1.66. The summed E-state index contributed by atoms with van der Waals surface area (Å²) in [6, 6.07) is 7.21. The van der Waals surface area contributed by atoms with Gasteiger partial charge in [0.05, 0.1) is 0 Å². The third-order valence-corrected chi connectivity index (χ3v) is 3.47. The Bertz CT molecular complexity index is 655. The van der Waals surface area contributed by atoms with E-state index in [9.17, 15) is 4.79 Å². The second kappa shape index (κ2) is 4.55. The maximum Gasteiger partial charge on any atom is 0.363 e. The number of halogens is 1. The van der Waals surface area contributed by atoms with E-state index in [4.69, 9.17) is 9.15 Å². The highest BCUT2D eigenvalue weighted by Gasteiger charge is 2.26. The van der Waals surface area contributed by atoms with E-state index in [0.717, 1.165) is 4.88 Å². The molecule has 0 amide bonds. The lowest BCUT2D eigenvalue weighted by atomic mass is 10.3. The first-order valence-corrected chi connectivity index (χ1v) is 6.71. The standard InChI is InChI=1S/C12H6BrNO3S/c13-10-4-3-9(16-10)11-14-8(12(15)17-11)6-7-2-1-5-18-7/h1-6H/b8-6+. The van der Waals surface area contributed by atoms with Crippen molar-refractivity contribution in [2.24, 2.45) is 4.99 Å². The van der Waals surface area contributed by atoms with Crippen molar-refractivity contribution < 1.29 is 13.9 Å². The summed E-state index contributed by atoms with van der Waals surface area (Å²) in [5, 5.41) is 1.93. The van der Waals surface area contributed by atoms with E-state index < -0.39 is 5.97 Å². The topological polar surface area (TPSA) is 51.8 Å². The van der Waals surface area contributed by atoms with Gasteiger partial charge < -0.3 is 9.15 Å². The summed E-state index contributed by atoms with van der Waals surface area (Å²) < 4.78 is 10.9. The number of carbonyl (C=O) groups is 1. The average Bonchev–Trinajstić information content (AvgIpc) is 3.03. The second-order valence-corrected chi connectivity index (χ2v) is 5.22. The maximum absolute atomic E-state index is 11.6. The van der Waals surface area contributed by atoms with Gasteiger partial charge in [0, 0.05) is 4.88 Å². The van der Waals surface area contributed by atoms with Gasteiger partial charge in [-0.25, -0.2) is 9.79 Å². The fourth-order valence-electron chi connectivity index (χ4n) is 1.45. The third kappa shape index (κ3) is 2.16. The first kappa shape index (κ1) is 11.4. The number of nitrogens with zero attached hydrogens (tertiary/aromatic N) is 1. The maximum atomic E-state index is 11.6. The Kier molecular flexibility index (Phi) is 2.89. The zero-order chi connectivity index (χ0) is 12.5. The molecule has 4 nitrogen and oxygen atoms in total. The number of furan rings is 1. The van der Waals surface area contributed by atoms with E-state index in [1.165, 1.54) is 11.3 Å². The van der Waals surface area contributed by atoms with E-state index in [1.54, 1.807) is 18.2 Å². The minimum absolute atomic E-state index is 0.188. The Labute approximate surface area is 115 Å². The van der Waals surface area contributed by atoms with Crippen LogP contribution in [-0.2, 0) is 9.53 Å². The van der Waals surface area contributed by atoms with Gasteiger partial charge >= 0.3 is 5.97 Å². The Balaban J connectivity index is 1.94. The molecule has 1 aliphatic heterocycles. The lowest BCUT2D eigenvalue weighted by Crippen LogP contribution is -2.04. The van der Waals surface area contributed by atoms with Crippen LogP contribution in [0.2, 0.25) is 0 Å². The predicted molar refractivity (Wildman–Crippen MR) is 71.3 cm³/mol. The van der Waals surface area contributed by atoms with Crippen LogP contribution in [0.15, 0.2) is 49.4 Å². The van der Waals surface area contributed by atoms with Gasteiger partial charge in [0.25, 0.3) is 5.90 Å². The second-order valence-electron chi connectivity index (χ2n) is 3.46. The molecule has 0 saturated heterocycles. The number of esters is 1. The van der Waals surface area contributed by atoms with E-state index in [0.29, 0.717) is 10.4 Å². The van der Waals surface area contributed by atoms with Gasteiger partial charge in [-0.2, -0.15) is 0 Å². The highest BCUT2D eigenvalue weighted by atomic mass is 79.9. The Morgan fingerprint density at radius 1 is 1.33 bits per heavy atom. The number of carbonyl (C=O) groups excluding carboxylic acids is 1. The lowest BCUT2D eigenvalue weighted by Gasteiger charge is -1.92. The number of thiophene rings is 1. The number of hydrogen-bond acceptors (Lipinski definition) is 5. The van der Waals surface area contributed by atoms with Crippen LogP contribution >= 0.6 is 27.3 Å². The van der Waals surface area contributed by atoms with Crippen molar-refractivity contribution in [2.75, 3.05) is 0 Å². The van der Waals surface area contributed by atoms with Crippen molar-refractivity contribution in [2.45, 2.75) is 0 Å². The monoisotopic (exact) mass is 323 g/mol. The summed E-state index contributed by atoms with van der Waals surface area (Å²) in [7, 11) is 0. The van der Waals surface area contributed by atoms with Crippen molar-refractivity contribution in [1.82, 2.24) is 0 Å². The molecule has 2 aromatic rings. The van der Waals surface area contributed by atoms with E-state index in [-0.39, 0.29) is 11.6 Å². The molecule has 3 rings (SSSR count). The van der Waals surface area contributed by atoms with Crippen LogP contribution in [0.5, 0.6) is 0 Å². The Morgan fingerprint density at radius 3 is 2.89 bits per heavy atom. The first-order valence-electron chi connectivity index (χ1n) is 5.04. The molecular formula is C12H6BrNO3S. The summed E-state index contributed by atoms with van der Waals surface area (Å²) >= 11 is 4.71. The molecule has 0 spiro atoms. The molecule has 0 fully saturated rings. The van der Waals surface area contributed by atoms with Crippen molar-refractivity contribution in [3.05, 3.63) is 50.6 Å². The van der Waals surface area contributed by atoms with Crippen LogP contribution < -0.4 is 0 Å². The summed E-state index contributed by atoms with van der Waals surface area (Å²) in [6.45, 7) is 0. The molecule has 2 aromatic heterocycles. The van der Waals surface area contributed by atoms with Gasteiger partial charge in [-0.1, -0.05) is 6.07 Å². The summed E-state index contributed by atoms with van der Waals surface area (Å²) in [6.07, 6.45) is 1.69. The molecule has 0 unspecified atom stereocenters. The van der Waals surface area contributed by atoms with Crippen molar-refractivity contribution in [1.29, 1.82) is 0 Å². The molecule has 6 heteroatoms. The normalized spacial score (nSPS) is 17.1. The largest absolute Gasteiger partial charge is 0.444 e. The molecular weight excluding hydrogens is 318 g/mol. The smallest absolute Gasteiger partial charge is 0.363 e. The molecule has 3 heterocycles. The van der Waals surface area contributed by atoms with Crippen molar-refractivity contribution in [3.63, 3.8) is 0 Å². The van der Waals surface area contributed by atoms with E-state index >= 15 is 0 Å². The minimum atomic E-state index is -0.467. The summed E-state index contributed by atoms with van der Waals surface area (Å²) in [4.78, 5) is 16.7. The van der Waals surface area contributed by atoms with Gasteiger partial charge in [0.1, 0.15) is 0 Å². The number of ether oxygens (including phenoxy) is 1. The lowest BCUT2D eigenvalue weighted by molar-refractivity contribution is -0.130. The molecule has 1 aliphatic rings. The summed E-state index contributed by atoms with van der Waals surface area (Å²) in [5.41, 5.74) is 0.278. The van der Waals surface area contributed by atoms with Crippen LogP contribution in [0.3, 0.4) is 0 Å². The van der Waals surface area contributed by atoms with Gasteiger partial charge in [-0.15, -0.1) is 11.3 Å². The SMILES string of the molecule is O=C1OC(c2ccc(Br)o2)=N/C1=C/c1cccs1. The van der Waals surface area contributed by atoms with Crippen LogP contribution in [0.1, 0.15) is 10.6 Å². The first-order chi connectivity index (χ1) is 8.72. The predicted octanol–water partition coefficient (Wildman–Crippen LogP) is 3.45. The van der Waals surface area contributed by atoms with Crippen LogP contribution in [0.4, 0.5) is 0 Å². The highest BCUT2D eigenvalue weighted by molar-refractivity contribution is 9.10. The van der Waals surface area contributed by atoms with Crippen LogP contribution in [0, 0.1) is 0 Å². The molecule has 0 saturated carbocycles. The zero-order valence-electron chi connectivity index (χ0n) is 8.92. The molecule has 0 bridgehead atoms. The zero-order valence-corrected chi connectivity index (χ0v) is 11.3. The molecule has 18 heavy (non-hydrogen) atoms. The van der Waals surface area contributed by atoms with Gasteiger partial charge in [0.2, 0.25) is 0 Å². The van der Waals surface area contributed by atoms with Crippen LogP contribution in [-0.4, -0.2) is 11.9 Å². The van der Waals surface area contributed by atoms with Gasteiger partial charge in [-0.05, 0) is 45.6 Å². The van der Waals surface area contributed by atoms with Crippen molar-refractivity contribution in [3.8, 4) is 0 Å². The number of aliphatic imine (C=N–C) groups is 1. The third-order valence-electron chi connectivity index (χ3n) is 2.23. The number of cyclic esters (lactones) is 1. The fourth-order valence-corrected chi connectivity index (χ4v) is 2.41. The summed E-state index contributed by atoms with van der Waals surface area (Å²) in [5.74, 6) is 0.143. The molecule has 90 valence electrons. The quantitative estimate of drug-likeness (QED) is 0.628. The molecule has 0 atom stereocenters.